The molecule has 0 saturated heterocycles. The van der Waals surface area contributed by atoms with Crippen molar-refractivity contribution in [3.05, 3.63) is 29.3 Å². The molecule has 2 rings (SSSR count). The number of halogens is 1. The van der Waals surface area contributed by atoms with E-state index in [9.17, 15) is 4.79 Å². The number of carbonyl (C=O) groups excluding carboxylic acids is 1. The van der Waals surface area contributed by atoms with E-state index in [1.807, 2.05) is 0 Å². The van der Waals surface area contributed by atoms with Crippen molar-refractivity contribution in [1.29, 1.82) is 0 Å². The molecule has 1 saturated carbocycles. The lowest BCUT2D eigenvalue weighted by molar-refractivity contribution is -0.115. The van der Waals surface area contributed by atoms with Crippen molar-refractivity contribution in [2.45, 2.75) is 32.2 Å². The van der Waals surface area contributed by atoms with E-state index >= 15 is 0 Å². The van der Waals surface area contributed by atoms with Gasteiger partial charge in [0.15, 0.2) is 0 Å². The van der Waals surface area contributed by atoms with Crippen molar-refractivity contribution in [2.24, 2.45) is 5.92 Å². The summed E-state index contributed by atoms with van der Waals surface area (Å²) >= 11 is 5.78. The summed E-state index contributed by atoms with van der Waals surface area (Å²) < 4.78 is 0. The lowest BCUT2D eigenvalue weighted by atomic mass is 9.80. The van der Waals surface area contributed by atoms with Crippen molar-refractivity contribution in [1.82, 2.24) is 5.32 Å². The Morgan fingerprint density at radius 1 is 1.39 bits per heavy atom. The maximum Gasteiger partial charge on any atom is 0.238 e. The van der Waals surface area contributed by atoms with Crippen LogP contribution in [0.3, 0.4) is 0 Å². The Hall–Kier alpha value is -1.06. The molecule has 0 radical (unpaired) electrons. The topological polar surface area (TPSA) is 41.1 Å². The van der Waals surface area contributed by atoms with Crippen molar-refractivity contribution in [3.8, 4) is 0 Å². The number of hydrogen-bond donors (Lipinski definition) is 2. The molecule has 18 heavy (non-hydrogen) atoms. The monoisotopic (exact) mass is 266 g/mol. The Bertz CT molecular complexity index is 401. The fraction of sp³-hybridized carbons (Fsp3) is 0.500. The molecule has 0 spiro atoms. The predicted molar refractivity (Wildman–Crippen MR) is 74.9 cm³/mol. The van der Waals surface area contributed by atoms with Crippen LogP contribution < -0.4 is 10.6 Å². The summed E-state index contributed by atoms with van der Waals surface area (Å²) in [4.78, 5) is 11.7. The molecule has 2 N–H and O–H groups in total. The zero-order valence-corrected chi connectivity index (χ0v) is 11.3. The normalized spacial score (nSPS) is 17.0. The average molecular weight is 267 g/mol. The molecule has 98 valence electrons. The third kappa shape index (κ3) is 3.72. The minimum atomic E-state index is -0.0107. The van der Waals surface area contributed by atoms with Crippen LogP contribution >= 0.6 is 11.6 Å². The van der Waals surface area contributed by atoms with Crippen LogP contribution in [0.1, 0.15) is 26.2 Å². The third-order valence-corrected chi connectivity index (χ3v) is 3.82. The van der Waals surface area contributed by atoms with E-state index in [-0.39, 0.29) is 5.91 Å². The standard InChI is InChI=1S/C14H19ClN2O/c1-10(11-3-2-4-11)16-9-14(18)17-13-7-5-12(15)6-8-13/h5-8,10-11,16H,2-4,9H2,1H3,(H,17,18). The molecule has 1 unspecified atom stereocenters. The summed E-state index contributed by atoms with van der Waals surface area (Å²) in [6.07, 6.45) is 3.90. The molecule has 0 aliphatic heterocycles. The highest BCUT2D eigenvalue weighted by Crippen LogP contribution is 2.29. The van der Waals surface area contributed by atoms with Crippen molar-refractivity contribution in [3.63, 3.8) is 0 Å². The highest BCUT2D eigenvalue weighted by atomic mass is 35.5. The van der Waals surface area contributed by atoms with Crippen LogP contribution in [-0.2, 0) is 4.79 Å². The van der Waals surface area contributed by atoms with E-state index in [0.717, 1.165) is 11.6 Å². The predicted octanol–water partition coefficient (Wildman–Crippen LogP) is 3.06. The molecule has 3 nitrogen and oxygen atoms in total. The van der Waals surface area contributed by atoms with E-state index in [1.165, 1.54) is 19.3 Å². The Morgan fingerprint density at radius 2 is 2.06 bits per heavy atom. The largest absolute Gasteiger partial charge is 0.325 e. The molecule has 1 aliphatic carbocycles. The van der Waals surface area contributed by atoms with Crippen molar-refractivity contribution in [2.75, 3.05) is 11.9 Å². The molecule has 1 aromatic carbocycles. The zero-order chi connectivity index (χ0) is 13.0. The fourth-order valence-corrected chi connectivity index (χ4v) is 2.22. The lowest BCUT2D eigenvalue weighted by Crippen LogP contribution is -2.41. The number of rotatable bonds is 5. The van der Waals surface area contributed by atoms with Crippen LogP contribution in [0.25, 0.3) is 0 Å². The van der Waals surface area contributed by atoms with Crippen LogP contribution in [-0.4, -0.2) is 18.5 Å². The Morgan fingerprint density at radius 3 is 2.61 bits per heavy atom. The Labute approximate surface area is 113 Å². The summed E-state index contributed by atoms with van der Waals surface area (Å²) in [6, 6.07) is 7.56. The van der Waals surface area contributed by atoms with Crippen LogP contribution in [0.2, 0.25) is 5.02 Å². The highest BCUT2D eigenvalue weighted by molar-refractivity contribution is 6.30. The maximum atomic E-state index is 11.7. The third-order valence-electron chi connectivity index (χ3n) is 3.57. The highest BCUT2D eigenvalue weighted by Gasteiger charge is 2.23. The van der Waals surface area contributed by atoms with Crippen LogP contribution in [0.15, 0.2) is 24.3 Å². The first-order chi connectivity index (χ1) is 8.65. The van der Waals surface area contributed by atoms with E-state index in [1.54, 1.807) is 24.3 Å². The van der Waals surface area contributed by atoms with Crippen LogP contribution in [0, 0.1) is 5.92 Å². The summed E-state index contributed by atoms with van der Waals surface area (Å²) in [5.74, 6) is 0.733. The minimum absolute atomic E-state index is 0.0107. The van der Waals surface area contributed by atoms with Crippen molar-refractivity contribution >= 4 is 23.2 Å². The SMILES string of the molecule is CC(NCC(=O)Nc1ccc(Cl)cc1)C1CCC1. The second-order valence-electron chi connectivity index (χ2n) is 4.92. The first-order valence-electron chi connectivity index (χ1n) is 6.44. The average Bonchev–Trinajstić information content (AvgIpc) is 2.27. The number of benzene rings is 1. The number of nitrogens with one attached hydrogen (secondary N) is 2. The van der Waals surface area contributed by atoms with Gasteiger partial charge in [-0.25, -0.2) is 0 Å². The molecule has 1 amide bonds. The fourth-order valence-electron chi connectivity index (χ4n) is 2.10. The van der Waals surface area contributed by atoms with Gasteiger partial charge in [0.2, 0.25) is 5.91 Å². The molecule has 0 heterocycles. The second kappa shape index (κ2) is 6.21. The first-order valence-corrected chi connectivity index (χ1v) is 6.82. The van der Waals surface area contributed by atoms with Crippen LogP contribution in [0.5, 0.6) is 0 Å². The Balaban J connectivity index is 1.72. The van der Waals surface area contributed by atoms with Gasteiger partial charge in [-0.3, -0.25) is 4.79 Å². The van der Waals surface area contributed by atoms with E-state index in [4.69, 9.17) is 11.6 Å². The number of anilines is 1. The molecule has 1 aliphatic rings. The molecule has 4 heteroatoms. The molecule has 0 aromatic heterocycles. The van der Waals surface area contributed by atoms with Crippen molar-refractivity contribution < 1.29 is 4.79 Å². The summed E-state index contributed by atoms with van der Waals surface area (Å²) in [5.41, 5.74) is 0.780. The molecule has 1 atom stereocenters. The minimum Gasteiger partial charge on any atom is -0.325 e. The van der Waals surface area contributed by atoms with Gasteiger partial charge in [0.05, 0.1) is 6.54 Å². The van der Waals surface area contributed by atoms with Gasteiger partial charge < -0.3 is 10.6 Å². The van der Waals surface area contributed by atoms with Gasteiger partial charge in [-0.05, 0) is 49.9 Å². The smallest absolute Gasteiger partial charge is 0.238 e. The molecular weight excluding hydrogens is 248 g/mol. The van der Waals surface area contributed by atoms with Gasteiger partial charge in [-0.2, -0.15) is 0 Å². The number of carbonyl (C=O) groups is 1. The first kappa shape index (κ1) is 13.4. The second-order valence-corrected chi connectivity index (χ2v) is 5.35. The Kier molecular flexibility index (Phi) is 4.61. The lowest BCUT2D eigenvalue weighted by Gasteiger charge is -2.31. The van der Waals surface area contributed by atoms with E-state index in [0.29, 0.717) is 17.6 Å². The quantitative estimate of drug-likeness (QED) is 0.860. The van der Waals surface area contributed by atoms with Gasteiger partial charge in [-0.1, -0.05) is 18.0 Å². The van der Waals surface area contributed by atoms with E-state index < -0.39 is 0 Å². The zero-order valence-electron chi connectivity index (χ0n) is 10.6. The maximum absolute atomic E-state index is 11.7. The molecule has 0 bridgehead atoms. The molecule has 1 fully saturated rings. The number of amides is 1. The van der Waals surface area contributed by atoms with Gasteiger partial charge in [-0.15, -0.1) is 0 Å². The summed E-state index contributed by atoms with van der Waals surface area (Å²) in [6.45, 7) is 2.51. The molecular formula is C14H19ClN2O. The van der Waals surface area contributed by atoms with Gasteiger partial charge in [0.25, 0.3) is 0 Å². The summed E-state index contributed by atoms with van der Waals surface area (Å²) in [5, 5.41) is 6.79. The van der Waals surface area contributed by atoms with E-state index in [2.05, 4.69) is 17.6 Å². The number of hydrogen-bond acceptors (Lipinski definition) is 2. The van der Waals surface area contributed by atoms with Crippen LogP contribution in [0.4, 0.5) is 5.69 Å². The molecule has 1 aromatic rings. The van der Waals surface area contributed by atoms with Gasteiger partial charge in [0, 0.05) is 16.8 Å². The summed E-state index contributed by atoms with van der Waals surface area (Å²) in [7, 11) is 0. The van der Waals surface area contributed by atoms with Gasteiger partial charge >= 0.3 is 0 Å². The van der Waals surface area contributed by atoms with Gasteiger partial charge in [0.1, 0.15) is 0 Å².